The summed E-state index contributed by atoms with van der Waals surface area (Å²) >= 11 is 3.55. The van der Waals surface area contributed by atoms with Crippen LogP contribution in [0.3, 0.4) is 0 Å². The van der Waals surface area contributed by atoms with E-state index in [9.17, 15) is 0 Å². The molecule has 0 atom stereocenters. The molecule has 2 heterocycles. The van der Waals surface area contributed by atoms with Gasteiger partial charge in [0.1, 0.15) is 5.65 Å². The quantitative estimate of drug-likeness (QED) is 0.472. The van der Waals surface area contributed by atoms with Crippen molar-refractivity contribution in [2.75, 3.05) is 0 Å². The van der Waals surface area contributed by atoms with Crippen molar-refractivity contribution in [1.82, 2.24) is 9.38 Å². The summed E-state index contributed by atoms with van der Waals surface area (Å²) in [7, 11) is 0. The van der Waals surface area contributed by atoms with Crippen molar-refractivity contribution < 1.29 is 0 Å². The Morgan fingerprint density at radius 2 is 1.55 bits per heavy atom. The van der Waals surface area contributed by atoms with E-state index in [0.29, 0.717) is 0 Å². The molecule has 0 bridgehead atoms. The standard InChI is InChI=1S/C19H13BrN2/c20-16-10-6-9-15(13-16)18-19(14-7-2-1-3-8-14)22-12-5-4-11-17(22)21-18/h1-13H. The van der Waals surface area contributed by atoms with Gasteiger partial charge in [-0.3, -0.25) is 4.40 Å². The van der Waals surface area contributed by atoms with E-state index in [0.717, 1.165) is 32.6 Å². The lowest BCUT2D eigenvalue weighted by Gasteiger charge is -2.06. The smallest absolute Gasteiger partial charge is 0.137 e. The molecule has 2 aromatic carbocycles. The largest absolute Gasteiger partial charge is 0.299 e. The Balaban J connectivity index is 2.06. The van der Waals surface area contributed by atoms with Gasteiger partial charge in [-0.15, -0.1) is 0 Å². The normalized spacial score (nSPS) is 11.0. The molecule has 0 saturated carbocycles. The van der Waals surface area contributed by atoms with Gasteiger partial charge in [0.2, 0.25) is 0 Å². The third-order valence-corrected chi connectivity index (χ3v) is 4.17. The zero-order valence-electron chi connectivity index (χ0n) is 11.8. The number of halogens is 1. The number of pyridine rings is 1. The van der Waals surface area contributed by atoms with E-state index in [4.69, 9.17) is 4.98 Å². The van der Waals surface area contributed by atoms with Crippen LogP contribution in [-0.4, -0.2) is 9.38 Å². The summed E-state index contributed by atoms with van der Waals surface area (Å²) in [6, 6.07) is 24.8. The van der Waals surface area contributed by atoms with Gasteiger partial charge in [-0.25, -0.2) is 4.98 Å². The van der Waals surface area contributed by atoms with Crippen molar-refractivity contribution in [3.05, 3.63) is 83.5 Å². The maximum absolute atomic E-state index is 4.84. The highest BCUT2D eigenvalue weighted by atomic mass is 79.9. The summed E-state index contributed by atoms with van der Waals surface area (Å²) in [6.07, 6.45) is 2.06. The minimum Gasteiger partial charge on any atom is -0.299 e. The number of nitrogens with zero attached hydrogens (tertiary/aromatic N) is 2. The van der Waals surface area contributed by atoms with Gasteiger partial charge in [-0.1, -0.05) is 64.5 Å². The second-order valence-electron chi connectivity index (χ2n) is 5.11. The number of hydrogen-bond acceptors (Lipinski definition) is 1. The Bertz CT molecular complexity index is 942. The molecule has 0 N–H and O–H groups in total. The number of imidazole rings is 1. The molecule has 0 aliphatic heterocycles. The molecule has 0 saturated heterocycles. The van der Waals surface area contributed by atoms with Gasteiger partial charge in [-0.05, 0) is 24.3 Å². The molecule has 3 heteroatoms. The Morgan fingerprint density at radius 1 is 0.773 bits per heavy atom. The first-order valence-corrected chi connectivity index (χ1v) is 7.91. The summed E-state index contributed by atoms with van der Waals surface area (Å²) < 4.78 is 3.20. The first-order chi connectivity index (χ1) is 10.8. The van der Waals surface area contributed by atoms with Crippen molar-refractivity contribution in [2.45, 2.75) is 0 Å². The Morgan fingerprint density at radius 3 is 2.36 bits per heavy atom. The van der Waals surface area contributed by atoms with Crippen LogP contribution in [0.4, 0.5) is 0 Å². The van der Waals surface area contributed by atoms with Crippen LogP contribution in [0.1, 0.15) is 0 Å². The lowest BCUT2D eigenvalue weighted by atomic mass is 10.1. The van der Waals surface area contributed by atoms with Crippen molar-refractivity contribution in [3.63, 3.8) is 0 Å². The van der Waals surface area contributed by atoms with Gasteiger partial charge in [-0.2, -0.15) is 0 Å². The van der Waals surface area contributed by atoms with Gasteiger partial charge in [0.25, 0.3) is 0 Å². The van der Waals surface area contributed by atoms with E-state index in [1.807, 2.05) is 36.4 Å². The second-order valence-corrected chi connectivity index (χ2v) is 6.03. The summed E-state index contributed by atoms with van der Waals surface area (Å²) in [5, 5.41) is 0. The van der Waals surface area contributed by atoms with Crippen LogP contribution in [0.2, 0.25) is 0 Å². The highest BCUT2D eigenvalue weighted by Gasteiger charge is 2.15. The third-order valence-electron chi connectivity index (χ3n) is 3.68. The monoisotopic (exact) mass is 348 g/mol. The topological polar surface area (TPSA) is 17.3 Å². The molecule has 0 unspecified atom stereocenters. The van der Waals surface area contributed by atoms with Crippen LogP contribution in [0, 0.1) is 0 Å². The predicted molar refractivity (Wildman–Crippen MR) is 93.8 cm³/mol. The van der Waals surface area contributed by atoms with Gasteiger partial charge >= 0.3 is 0 Å². The molecule has 0 fully saturated rings. The molecule has 2 nitrogen and oxygen atoms in total. The summed E-state index contributed by atoms with van der Waals surface area (Å²) in [4.78, 5) is 4.84. The molecular formula is C19H13BrN2. The van der Waals surface area contributed by atoms with Gasteiger partial charge < -0.3 is 0 Å². The van der Waals surface area contributed by atoms with Gasteiger partial charge in [0.05, 0.1) is 11.4 Å². The number of aromatic nitrogens is 2. The zero-order chi connectivity index (χ0) is 14.9. The van der Waals surface area contributed by atoms with Crippen LogP contribution in [0.25, 0.3) is 28.2 Å². The van der Waals surface area contributed by atoms with E-state index < -0.39 is 0 Å². The Hall–Kier alpha value is -2.39. The number of fused-ring (bicyclic) bond motifs is 1. The Labute approximate surface area is 137 Å². The molecule has 22 heavy (non-hydrogen) atoms. The van der Waals surface area contributed by atoms with E-state index in [-0.39, 0.29) is 0 Å². The van der Waals surface area contributed by atoms with Crippen molar-refractivity contribution in [3.8, 4) is 22.5 Å². The van der Waals surface area contributed by atoms with E-state index in [2.05, 4.69) is 62.9 Å². The van der Waals surface area contributed by atoms with E-state index >= 15 is 0 Å². The summed E-state index contributed by atoms with van der Waals surface area (Å²) in [5.41, 5.74) is 5.34. The average molecular weight is 349 g/mol. The van der Waals surface area contributed by atoms with E-state index in [1.165, 1.54) is 0 Å². The van der Waals surface area contributed by atoms with Crippen molar-refractivity contribution >= 4 is 21.6 Å². The predicted octanol–water partition coefficient (Wildman–Crippen LogP) is 5.43. The fourth-order valence-corrected chi connectivity index (χ4v) is 3.10. The van der Waals surface area contributed by atoms with Crippen LogP contribution in [0.5, 0.6) is 0 Å². The molecular weight excluding hydrogens is 336 g/mol. The van der Waals surface area contributed by atoms with Crippen LogP contribution < -0.4 is 0 Å². The Kier molecular flexibility index (Phi) is 3.28. The molecule has 0 aliphatic rings. The fraction of sp³-hybridized carbons (Fsp3) is 0. The second kappa shape index (κ2) is 5.43. The zero-order valence-corrected chi connectivity index (χ0v) is 13.4. The maximum Gasteiger partial charge on any atom is 0.137 e. The fourth-order valence-electron chi connectivity index (χ4n) is 2.70. The van der Waals surface area contributed by atoms with Crippen LogP contribution >= 0.6 is 15.9 Å². The minimum absolute atomic E-state index is 0.955. The summed E-state index contributed by atoms with van der Waals surface area (Å²) in [6.45, 7) is 0. The molecule has 0 aliphatic carbocycles. The highest BCUT2D eigenvalue weighted by Crippen LogP contribution is 2.33. The molecule has 2 aromatic heterocycles. The van der Waals surface area contributed by atoms with Crippen LogP contribution in [0.15, 0.2) is 83.5 Å². The first kappa shape index (κ1) is 13.3. The molecule has 4 rings (SSSR count). The highest BCUT2D eigenvalue weighted by molar-refractivity contribution is 9.10. The first-order valence-electron chi connectivity index (χ1n) is 7.11. The summed E-state index contributed by atoms with van der Waals surface area (Å²) in [5.74, 6) is 0. The number of benzene rings is 2. The number of rotatable bonds is 2. The maximum atomic E-state index is 4.84. The SMILES string of the molecule is Brc1cccc(-c2nc3ccccn3c2-c2ccccc2)c1. The van der Waals surface area contributed by atoms with Crippen molar-refractivity contribution in [1.29, 1.82) is 0 Å². The average Bonchev–Trinajstić information content (AvgIpc) is 2.95. The molecule has 0 amide bonds. The molecule has 4 aromatic rings. The van der Waals surface area contributed by atoms with Gasteiger partial charge in [0, 0.05) is 21.8 Å². The third kappa shape index (κ3) is 2.24. The minimum atomic E-state index is 0.955. The van der Waals surface area contributed by atoms with Crippen LogP contribution in [-0.2, 0) is 0 Å². The lowest BCUT2D eigenvalue weighted by molar-refractivity contribution is 1.19. The number of hydrogen-bond donors (Lipinski definition) is 0. The lowest BCUT2D eigenvalue weighted by Crippen LogP contribution is -1.88. The molecule has 106 valence electrons. The van der Waals surface area contributed by atoms with E-state index in [1.54, 1.807) is 0 Å². The molecule has 0 spiro atoms. The van der Waals surface area contributed by atoms with Crippen molar-refractivity contribution in [2.24, 2.45) is 0 Å². The van der Waals surface area contributed by atoms with Gasteiger partial charge in [0.15, 0.2) is 0 Å². The molecule has 0 radical (unpaired) electrons.